The molecule has 0 aliphatic carbocycles. The van der Waals surface area contributed by atoms with Gasteiger partial charge in [0.2, 0.25) is 0 Å². The molecule has 1 aromatic carbocycles. The van der Waals surface area contributed by atoms with Crippen LogP contribution in [0.5, 0.6) is 5.75 Å². The van der Waals surface area contributed by atoms with Crippen molar-refractivity contribution < 1.29 is 19.4 Å². The number of nitrogens with zero attached hydrogens (tertiary/aromatic N) is 1. The minimum Gasteiger partial charge on any atom is -0.497 e. The number of aliphatic hydroxyl groups is 1. The number of ether oxygens (including phenoxy) is 2. The summed E-state index contributed by atoms with van der Waals surface area (Å²) in [6.45, 7) is 4.41. The van der Waals surface area contributed by atoms with E-state index in [1.165, 1.54) is 0 Å². The fourth-order valence-corrected chi connectivity index (χ4v) is 2.44. The second-order valence-corrected chi connectivity index (χ2v) is 4.44. The summed E-state index contributed by atoms with van der Waals surface area (Å²) >= 11 is 0. The fourth-order valence-electron chi connectivity index (χ4n) is 2.44. The van der Waals surface area contributed by atoms with Gasteiger partial charge in [-0.2, -0.15) is 0 Å². The summed E-state index contributed by atoms with van der Waals surface area (Å²) < 4.78 is 12.3. The monoisotopic (exact) mass is 277 g/mol. The molecule has 1 N–H and O–H groups in total. The number of benzene rings is 1. The lowest BCUT2D eigenvalue weighted by molar-refractivity contribution is 0.0527. The molecular weight excluding hydrogens is 258 g/mol. The summed E-state index contributed by atoms with van der Waals surface area (Å²) in [5, 5.41) is 9.98. The van der Waals surface area contributed by atoms with Crippen LogP contribution in [0.1, 0.15) is 23.0 Å². The minimum atomic E-state index is -0.347. The highest BCUT2D eigenvalue weighted by molar-refractivity contribution is 6.06. The van der Waals surface area contributed by atoms with E-state index in [1.54, 1.807) is 14.0 Å². The number of hydrogen-bond acceptors (Lipinski definition) is 4. The van der Waals surface area contributed by atoms with Gasteiger partial charge in [-0.15, -0.1) is 0 Å². The maximum atomic E-state index is 12.2. The quantitative estimate of drug-likeness (QED) is 0.850. The van der Waals surface area contributed by atoms with Crippen LogP contribution in [0.3, 0.4) is 0 Å². The number of fused-ring (bicyclic) bond motifs is 1. The Balaban J connectivity index is 2.69. The van der Waals surface area contributed by atoms with Crippen LogP contribution in [-0.2, 0) is 11.3 Å². The molecule has 0 aliphatic heterocycles. The number of methoxy groups -OCH3 is 1. The predicted octanol–water partition coefficient (Wildman–Crippen LogP) is 2.13. The van der Waals surface area contributed by atoms with E-state index in [1.807, 2.05) is 29.7 Å². The highest BCUT2D eigenvalue weighted by atomic mass is 16.5. The molecule has 0 saturated carbocycles. The molecule has 0 spiro atoms. The van der Waals surface area contributed by atoms with E-state index in [0.717, 1.165) is 16.6 Å². The zero-order valence-electron chi connectivity index (χ0n) is 12.0. The summed E-state index contributed by atoms with van der Waals surface area (Å²) in [5.74, 6) is 0.337. The Morgan fingerprint density at radius 2 is 2.15 bits per heavy atom. The van der Waals surface area contributed by atoms with Crippen LogP contribution in [0.4, 0.5) is 0 Å². The van der Waals surface area contributed by atoms with Gasteiger partial charge in [0.25, 0.3) is 0 Å². The van der Waals surface area contributed by atoms with E-state index < -0.39 is 0 Å². The fraction of sp³-hybridized carbons (Fsp3) is 0.400. The molecule has 5 heteroatoms. The minimum absolute atomic E-state index is 0.0128. The second kappa shape index (κ2) is 5.96. The molecule has 0 aliphatic rings. The Morgan fingerprint density at radius 1 is 1.40 bits per heavy atom. The number of hydrogen-bond donors (Lipinski definition) is 1. The maximum absolute atomic E-state index is 12.2. The topological polar surface area (TPSA) is 60.7 Å². The van der Waals surface area contributed by atoms with E-state index in [4.69, 9.17) is 9.47 Å². The molecule has 0 unspecified atom stereocenters. The van der Waals surface area contributed by atoms with Crippen molar-refractivity contribution >= 4 is 16.9 Å². The molecule has 0 atom stereocenters. The van der Waals surface area contributed by atoms with Gasteiger partial charge in [-0.05, 0) is 32.0 Å². The number of rotatable bonds is 5. The van der Waals surface area contributed by atoms with Crippen LogP contribution in [0.2, 0.25) is 0 Å². The lowest BCUT2D eigenvalue weighted by Crippen LogP contribution is -2.08. The first kappa shape index (κ1) is 14.4. The first-order valence-corrected chi connectivity index (χ1v) is 6.58. The number of carbonyl (C=O) groups excluding carboxylic acids is 1. The largest absolute Gasteiger partial charge is 0.497 e. The van der Waals surface area contributed by atoms with Crippen molar-refractivity contribution in [1.82, 2.24) is 4.57 Å². The third-order valence-corrected chi connectivity index (χ3v) is 3.33. The summed E-state index contributed by atoms with van der Waals surface area (Å²) in [7, 11) is 1.59. The van der Waals surface area contributed by atoms with Gasteiger partial charge < -0.3 is 19.1 Å². The molecule has 20 heavy (non-hydrogen) atoms. The van der Waals surface area contributed by atoms with Gasteiger partial charge in [0, 0.05) is 23.1 Å². The van der Waals surface area contributed by atoms with Crippen LogP contribution in [0.15, 0.2) is 18.2 Å². The molecule has 1 heterocycles. The molecule has 0 saturated heterocycles. The summed E-state index contributed by atoms with van der Waals surface area (Å²) in [6.07, 6.45) is 0. The van der Waals surface area contributed by atoms with Crippen LogP contribution < -0.4 is 4.74 Å². The Morgan fingerprint density at radius 3 is 2.75 bits per heavy atom. The molecule has 1 aromatic heterocycles. The predicted molar refractivity (Wildman–Crippen MR) is 76.3 cm³/mol. The van der Waals surface area contributed by atoms with Gasteiger partial charge in [-0.25, -0.2) is 4.79 Å². The molecular formula is C15H19NO4. The van der Waals surface area contributed by atoms with Crippen LogP contribution in [-0.4, -0.2) is 36.0 Å². The van der Waals surface area contributed by atoms with Gasteiger partial charge in [-0.1, -0.05) is 0 Å². The zero-order chi connectivity index (χ0) is 14.7. The molecule has 0 fully saturated rings. The van der Waals surface area contributed by atoms with Crippen molar-refractivity contribution in [2.24, 2.45) is 0 Å². The Labute approximate surface area is 117 Å². The van der Waals surface area contributed by atoms with Crippen molar-refractivity contribution in [3.63, 3.8) is 0 Å². The van der Waals surface area contributed by atoms with E-state index in [0.29, 0.717) is 24.5 Å². The number of aliphatic hydroxyl groups excluding tert-OH is 1. The zero-order valence-corrected chi connectivity index (χ0v) is 12.0. The first-order chi connectivity index (χ1) is 9.63. The van der Waals surface area contributed by atoms with Crippen LogP contribution in [0.25, 0.3) is 10.9 Å². The number of carbonyl (C=O) groups is 1. The van der Waals surface area contributed by atoms with Crippen molar-refractivity contribution in [2.45, 2.75) is 20.4 Å². The van der Waals surface area contributed by atoms with E-state index in [2.05, 4.69) is 0 Å². The van der Waals surface area contributed by atoms with Crippen molar-refractivity contribution in [1.29, 1.82) is 0 Å². The summed E-state index contributed by atoms with van der Waals surface area (Å²) in [6, 6.07) is 5.55. The average Bonchev–Trinajstić information content (AvgIpc) is 2.71. The smallest absolute Gasteiger partial charge is 0.340 e. The summed E-state index contributed by atoms with van der Waals surface area (Å²) in [4.78, 5) is 12.2. The van der Waals surface area contributed by atoms with Crippen molar-refractivity contribution in [3.05, 3.63) is 29.5 Å². The van der Waals surface area contributed by atoms with E-state index >= 15 is 0 Å². The Hall–Kier alpha value is -2.01. The van der Waals surface area contributed by atoms with Gasteiger partial charge in [0.1, 0.15) is 5.75 Å². The highest BCUT2D eigenvalue weighted by Crippen LogP contribution is 2.29. The van der Waals surface area contributed by atoms with Crippen LogP contribution >= 0.6 is 0 Å². The van der Waals surface area contributed by atoms with Crippen molar-refractivity contribution in [2.75, 3.05) is 20.3 Å². The normalized spacial score (nSPS) is 10.8. The van der Waals surface area contributed by atoms with Gasteiger partial charge in [0.15, 0.2) is 0 Å². The third-order valence-electron chi connectivity index (χ3n) is 3.33. The SMILES string of the molecule is CCOC(=O)c1c(C)n(CCO)c2ccc(OC)cc12. The molecule has 0 amide bonds. The molecule has 5 nitrogen and oxygen atoms in total. The van der Waals surface area contributed by atoms with Gasteiger partial charge in [-0.3, -0.25) is 0 Å². The van der Waals surface area contributed by atoms with E-state index in [9.17, 15) is 9.90 Å². The highest BCUT2D eigenvalue weighted by Gasteiger charge is 2.21. The maximum Gasteiger partial charge on any atom is 0.340 e. The summed E-state index contributed by atoms with van der Waals surface area (Å²) in [5.41, 5.74) is 2.22. The molecule has 0 radical (unpaired) electrons. The Kier molecular flexibility index (Phi) is 4.29. The van der Waals surface area contributed by atoms with E-state index in [-0.39, 0.29) is 12.6 Å². The number of esters is 1. The second-order valence-electron chi connectivity index (χ2n) is 4.44. The molecule has 108 valence electrons. The lowest BCUT2D eigenvalue weighted by Gasteiger charge is -2.06. The molecule has 2 aromatic rings. The van der Waals surface area contributed by atoms with Crippen molar-refractivity contribution in [3.8, 4) is 5.75 Å². The first-order valence-electron chi connectivity index (χ1n) is 6.58. The number of aromatic nitrogens is 1. The van der Waals surface area contributed by atoms with Gasteiger partial charge in [0.05, 0.1) is 25.9 Å². The molecule has 2 rings (SSSR count). The standard InChI is InChI=1S/C15H19NO4/c1-4-20-15(18)14-10(2)16(7-8-17)13-6-5-11(19-3)9-12(13)14/h5-6,9,17H,4,7-8H2,1-3H3. The Bertz CT molecular complexity index is 630. The molecule has 0 bridgehead atoms. The lowest BCUT2D eigenvalue weighted by atomic mass is 10.1. The average molecular weight is 277 g/mol. The third kappa shape index (κ3) is 2.36. The van der Waals surface area contributed by atoms with Crippen LogP contribution in [0, 0.1) is 6.92 Å². The van der Waals surface area contributed by atoms with Gasteiger partial charge >= 0.3 is 5.97 Å².